The highest BCUT2D eigenvalue weighted by atomic mass is 32.2. The third-order valence-corrected chi connectivity index (χ3v) is 2.75. The molecule has 0 fully saturated rings. The van der Waals surface area contributed by atoms with Crippen molar-refractivity contribution in [3.63, 3.8) is 0 Å². The molecule has 8 heteroatoms. The number of halogens is 5. The van der Waals surface area contributed by atoms with E-state index < -0.39 is 23.2 Å². The first-order chi connectivity index (χ1) is 8.12. The van der Waals surface area contributed by atoms with Crippen LogP contribution in [0.3, 0.4) is 0 Å². The summed E-state index contributed by atoms with van der Waals surface area (Å²) in [5, 5.41) is -2.48. The van der Waals surface area contributed by atoms with Crippen LogP contribution in [0.4, 0.5) is 27.6 Å². The molecule has 0 heterocycles. The average molecular weight is 285 g/mol. The zero-order valence-electron chi connectivity index (χ0n) is 9.02. The summed E-state index contributed by atoms with van der Waals surface area (Å²) < 4.78 is 61.2. The molecule has 0 atom stereocenters. The second-order valence-corrected chi connectivity index (χ2v) is 4.51. The van der Waals surface area contributed by atoms with Gasteiger partial charge in [-0.3, -0.25) is 4.79 Å². The van der Waals surface area contributed by atoms with E-state index in [2.05, 4.69) is 5.32 Å². The molecule has 1 rings (SSSR count). The lowest BCUT2D eigenvalue weighted by Gasteiger charge is -2.18. The summed E-state index contributed by atoms with van der Waals surface area (Å²) >= 11 is -0.591. The Morgan fingerprint density at radius 2 is 1.61 bits per heavy atom. The molecule has 2 nitrogen and oxygen atoms in total. The van der Waals surface area contributed by atoms with Gasteiger partial charge in [-0.1, -0.05) is 0 Å². The zero-order valence-corrected chi connectivity index (χ0v) is 9.83. The van der Waals surface area contributed by atoms with Gasteiger partial charge < -0.3 is 5.32 Å². The number of anilines is 1. The highest BCUT2D eigenvalue weighted by Gasteiger charge is 2.58. The van der Waals surface area contributed by atoms with Crippen LogP contribution >= 0.6 is 11.8 Å². The Labute approximate surface area is 104 Å². The molecule has 0 bridgehead atoms. The molecule has 1 N–H and O–H groups in total. The van der Waals surface area contributed by atoms with Crippen molar-refractivity contribution in [3.8, 4) is 0 Å². The summed E-state index contributed by atoms with van der Waals surface area (Å²) in [5.74, 6) is -0.365. The molecule has 1 amide bonds. The fourth-order valence-corrected chi connectivity index (χ4v) is 1.70. The van der Waals surface area contributed by atoms with Gasteiger partial charge in [0, 0.05) is 17.5 Å². The molecule has 1 aromatic rings. The lowest BCUT2D eigenvalue weighted by Crippen LogP contribution is -2.32. The van der Waals surface area contributed by atoms with Gasteiger partial charge >= 0.3 is 11.4 Å². The van der Waals surface area contributed by atoms with Gasteiger partial charge in [0.05, 0.1) is 0 Å². The Kier molecular flexibility index (Phi) is 4.20. The molecule has 0 saturated heterocycles. The Balaban J connectivity index is 2.78. The molecule has 1 aromatic carbocycles. The first-order valence-electron chi connectivity index (χ1n) is 4.63. The van der Waals surface area contributed by atoms with Crippen LogP contribution in [0.2, 0.25) is 0 Å². The number of hydrogen-bond acceptors (Lipinski definition) is 2. The molecular weight excluding hydrogens is 277 g/mol. The second-order valence-electron chi connectivity index (χ2n) is 3.32. The van der Waals surface area contributed by atoms with Crippen molar-refractivity contribution in [2.45, 2.75) is 23.3 Å². The summed E-state index contributed by atoms with van der Waals surface area (Å²) in [6.45, 7) is 1.25. The minimum Gasteiger partial charge on any atom is -0.326 e. The number of rotatable bonds is 3. The molecule has 18 heavy (non-hydrogen) atoms. The zero-order chi connectivity index (χ0) is 14.0. The quantitative estimate of drug-likeness (QED) is 0.674. The van der Waals surface area contributed by atoms with Crippen LogP contribution in [0, 0.1) is 0 Å². The predicted octanol–water partition coefficient (Wildman–Crippen LogP) is 3.89. The van der Waals surface area contributed by atoms with Crippen LogP contribution in [0.15, 0.2) is 29.2 Å². The Hall–Kier alpha value is -1.31. The van der Waals surface area contributed by atoms with E-state index >= 15 is 0 Å². The van der Waals surface area contributed by atoms with E-state index in [0.717, 1.165) is 12.1 Å². The number of benzene rings is 1. The van der Waals surface area contributed by atoms with E-state index in [-0.39, 0.29) is 10.8 Å². The summed E-state index contributed by atoms with van der Waals surface area (Å²) in [6, 6.07) is 4.65. The summed E-state index contributed by atoms with van der Waals surface area (Å²) in [6.07, 6.45) is -5.60. The number of alkyl halides is 5. The lowest BCUT2D eigenvalue weighted by atomic mass is 10.3. The van der Waals surface area contributed by atoms with E-state index in [1.807, 2.05) is 0 Å². The molecule has 0 saturated carbocycles. The van der Waals surface area contributed by atoms with Crippen molar-refractivity contribution in [2.75, 3.05) is 5.32 Å². The van der Waals surface area contributed by atoms with Crippen LogP contribution in [-0.4, -0.2) is 17.3 Å². The number of carbonyl (C=O) groups is 1. The third kappa shape index (κ3) is 3.86. The van der Waals surface area contributed by atoms with Gasteiger partial charge in [0.2, 0.25) is 5.91 Å². The molecule has 0 aromatic heterocycles. The van der Waals surface area contributed by atoms with Crippen molar-refractivity contribution in [3.05, 3.63) is 24.3 Å². The van der Waals surface area contributed by atoms with Crippen LogP contribution in [0.25, 0.3) is 0 Å². The fraction of sp³-hybridized carbons (Fsp3) is 0.300. The van der Waals surface area contributed by atoms with Crippen LogP contribution in [0.5, 0.6) is 0 Å². The molecule has 0 aliphatic rings. The van der Waals surface area contributed by atoms with E-state index in [4.69, 9.17) is 0 Å². The van der Waals surface area contributed by atoms with Gasteiger partial charge in [-0.15, -0.1) is 0 Å². The van der Waals surface area contributed by atoms with Crippen molar-refractivity contribution in [2.24, 2.45) is 0 Å². The lowest BCUT2D eigenvalue weighted by molar-refractivity contribution is -0.237. The second kappa shape index (κ2) is 5.13. The first-order valence-corrected chi connectivity index (χ1v) is 5.45. The van der Waals surface area contributed by atoms with Crippen molar-refractivity contribution in [1.82, 2.24) is 0 Å². The first kappa shape index (κ1) is 14.7. The van der Waals surface area contributed by atoms with Gasteiger partial charge in [0.1, 0.15) is 0 Å². The topological polar surface area (TPSA) is 29.1 Å². The number of nitrogens with one attached hydrogen (secondary N) is 1. The van der Waals surface area contributed by atoms with Crippen LogP contribution < -0.4 is 5.32 Å². The van der Waals surface area contributed by atoms with Crippen molar-refractivity contribution >= 4 is 23.4 Å². The Morgan fingerprint density at radius 3 is 2.00 bits per heavy atom. The van der Waals surface area contributed by atoms with Gasteiger partial charge in [0.25, 0.3) is 0 Å². The molecule has 0 spiro atoms. The Bertz CT molecular complexity index is 429. The van der Waals surface area contributed by atoms with Crippen LogP contribution in [0.1, 0.15) is 6.92 Å². The molecule has 0 aliphatic heterocycles. The minimum atomic E-state index is -5.60. The average Bonchev–Trinajstić information content (AvgIpc) is 2.18. The maximum absolute atomic E-state index is 12.7. The van der Waals surface area contributed by atoms with Crippen molar-refractivity contribution < 1.29 is 26.7 Å². The van der Waals surface area contributed by atoms with Crippen molar-refractivity contribution in [1.29, 1.82) is 0 Å². The molecular formula is C10H8F5NOS. The SMILES string of the molecule is CC(=O)Nc1ccc(SC(F)(F)C(F)(F)F)cc1. The smallest absolute Gasteiger partial charge is 0.326 e. The molecule has 0 aliphatic carbocycles. The number of thioether (sulfide) groups is 1. The number of hydrogen-bond donors (Lipinski definition) is 1. The highest BCUT2D eigenvalue weighted by Crippen LogP contribution is 2.47. The molecule has 100 valence electrons. The van der Waals surface area contributed by atoms with Gasteiger partial charge in [-0.05, 0) is 36.0 Å². The predicted molar refractivity (Wildman–Crippen MR) is 57.6 cm³/mol. The summed E-state index contributed by atoms with van der Waals surface area (Å²) in [4.78, 5) is 10.4. The van der Waals surface area contributed by atoms with E-state index in [9.17, 15) is 26.7 Å². The maximum atomic E-state index is 12.7. The molecule has 0 unspecified atom stereocenters. The summed E-state index contributed by atoms with van der Waals surface area (Å²) in [5.41, 5.74) is 0.321. The fourth-order valence-electron chi connectivity index (χ4n) is 1.02. The van der Waals surface area contributed by atoms with Gasteiger partial charge in [-0.25, -0.2) is 0 Å². The highest BCUT2D eigenvalue weighted by molar-refractivity contribution is 8.00. The third-order valence-electron chi connectivity index (χ3n) is 1.75. The largest absolute Gasteiger partial charge is 0.464 e. The normalized spacial score (nSPS) is 12.3. The van der Waals surface area contributed by atoms with Gasteiger partial charge in [-0.2, -0.15) is 22.0 Å². The van der Waals surface area contributed by atoms with E-state index in [0.29, 0.717) is 5.69 Å². The van der Waals surface area contributed by atoms with Gasteiger partial charge in [0.15, 0.2) is 0 Å². The summed E-state index contributed by atoms with van der Waals surface area (Å²) in [7, 11) is 0. The Morgan fingerprint density at radius 1 is 1.11 bits per heavy atom. The van der Waals surface area contributed by atoms with E-state index in [1.165, 1.54) is 19.1 Å². The maximum Gasteiger partial charge on any atom is 0.464 e. The van der Waals surface area contributed by atoms with E-state index in [1.54, 1.807) is 0 Å². The monoisotopic (exact) mass is 285 g/mol. The number of carbonyl (C=O) groups excluding carboxylic acids is 1. The number of amides is 1. The minimum absolute atomic E-state index is 0.244. The standard InChI is InChI=1S/C10H8F5NOS/c1-6(17)16-7-2-4-8(5-3-7)18-10(14,15)9(11,12)13/h2-5H,1H3,(H,16,17). The molecule has 0 radical (unpaired) electrons. The van der Waals surface area contributed by atoms with Crippen LogP contribution in [-0.2, 0) is 4.79 Å².